The second-order valence-electron chi connectivity index (χ2n) is 6.05. The number of anilines is 1. The molecule has 0 aliphatic rings. The molecule has 0 aliphatic carbocycles. The molecular weight excluding hydrogens is 370 g/mol. The van der Waals surface area contributed by atoms with Crippen LogP contribution in [0.5, 0.6) is 5.75 Å². The average molecular weight is 391 g/mol. The molecule has 144 valence electrons. The Balaban J connectivity index is 2.15. The maximum Gasteiger partial charge on any atom is 0.261 e. The van der Waals surface area contributed by atoms with Crippen molar-refractivity contribution in [3.63, 3.8) is 0 Å². The first-order valence-corrected chi connectivity index (χ1v) is 9.45. The molecule has 8 nitrogen and oxygen atoms in total. The van der Waals surface area contributed by atoms with E-state index in [1.165, 1.54) is 47.4 Å². The van der Waals surface area contributed by atoms with Crippen molar-refractivity contribution in [1.82, 2.24) is 4.90 Å². The maximum atomic E-state index is 12.5. The highest BCUT2D eigenvalue weighted by Crippen LogP contribution is 2.23. The fourth-order valence-electron chi connectivity index (χ4n) is 2.14. The summed E-state index contributed by atoms with van der Waals surface area (Å²) in [6, 6.07) is 10.1. The van der Waals surface area contributed by atoms with Gasteiger partial charge in [-0.1, -0.05) is 0 Å². The van der Waals surface area contributed by atoms with Gasteiger partial charge in [0.1, 0.15) is 5.75 Å². The van der Waals surface area contributed by atoms with Crippen LogP contribution < -0.4 is 15.2 Å². The van der Waals surface area contributed by atoms with Crippen LogP contribution in [0.4, 0.5) is 5.69 Å². The quantitative estimate of drug-likeness (QED) is 0.739. The zero-order valence-corrected chi connectivity index (χ0v) is 16.0. The van der Waals surface area contributed by atoms with Gasteiger partial charge in [0.2, 0.25) is 5.91 Å². The molecule has 0 atom stereocenters. The third kappa shape index (κ3) is 5.20. The number of likely N-dealkylation sites (N-methyl/N-ethyl adjacent to an activating group) is 1. The number of nitrogens with one attached hydrogen (secondary N) is 1. The van der Waals surface area contributed by atoms with E-state index in [-0.39, 0.29) is 23.0 Å². The van der Waals surface area contributed by atoms with E-state index in [2.05, 4.69) is 4.72 Å². The van der Waals surface area contributed by atoms with E-state index in [0.29, 0.717) is 17.0 Å². The normalized spacial score (nSPS) is 10.9. The fourth-order valence-corrected chi connectivity index (χ4v) is 3.28. The third-order valence-electron chi connectivity index (χ3n) is 3.73. The first-order valence-electron chi connectivity index (χ1n) is 7.96. The number of nitrogens with zero attached hydrogens (tertiary/aromatic N) is 1. The lowest BCUT2D eigenvalue weighted by Gasteiger charge is -2.14. The monoisotopic (exact) mass is 391 g/mol. The molecule has 3 N–H and O–H groups in total. The van der Waals surface area contributed by atoms with Crippen LogP contribution in [0.15, 0.2) is 47.4 Å². The zero-order chi connectivity index (χ0) is 20.2. The topological polar surface area (TPSA) is 119 Å². The summed E-state index contributed by atoms with van der Waals surface area (Å²) in [4.78, 5) is 24.1. The molecule has 0 fully saturated rings. The Kier molecular flexibility index (Phi) is 6.06. The van der Waals surface area contributed by atoms with Crippen molar-refractivity contribution < 1.29 is 22.7 Å². The van der Waals surface area contributed by atoms with E-state index >= 15 is 0 Å². The molecule has 27 heavy (non-hydrogen) atoms. The molecule has 0 aromatic heterocycles. The summed E-state index contributed by atoms with van der Waals surface area (Å²) in [7, 11) is -0.586. The number of primary amides is 1. The van der Waals surface area contributed by atoms with Crippen LogP contribution in [0, 0.1) is 6.92 Å². The van der Waals surface area contributed by atoms with Gasteiger partial charge in [-0.15, -0.1) is 0 Å². The van der Waals surface area contributed by atoms with Crippen molar-refractivity contribution in [3.8, 4) is 5.75 Å². The zero-order valence-electron chi connectivity index (χ0n) is 15.2. The van der Waals surface area contributed by atoms with Crippen molar-refractivity contribution in [1.29, 1.82) is 0 Å². The molecule has 2 rings (SSSR count). The number of rotatable bonds is 7. The Morgan fingerprint density at radius 1 is 1.11 bits per heavy atom. The molecule has 2 amide bonds. The highest BCUT2D eigenvalue weighted by atomic mass is 32.2. The summed E-state index contributed by atoms with van der Waals surface area (Å²) in [5, 5.41) is 0. The molecule has 0 saturated carbocycles. The first kappa shape index (κ1) is 20.2. The van der Waals surface area contributed by atoms with Crippen LogP contribution in [0.1, 0.15) is 15.9 Å². The molecule has 0 heterocycles. The van der Waals surface area contributed by atoms with Crippen LogP contribution in [0.25, 0.3) is 0 Å². The molecule has 0 bridgehead atoms. The Morgan fingerprint density at radius 2 is 1.74 bits per heavy atom. The number of hydrogen-bond acceptors (Lipinski definition) is 5. The summed E-state index contributed by atoms with van der Waals surface area (Å²) in [5.74, 6) is -0.370. The standard InChI is InChI=1S/C18H21N3O5S/c1-12-10-15(8-9-16(12)26-11-17(22)21(2)3)27(24,25)20-14-6-4-13(5-7-14)18(19)23/h4-10,20H,11H2,1-3H3,(H2,19,23). The molecular formula is C18H21N3O5S. The van der Waals surface area contributed by atoms with Crippen molar-refractivity contribution in [2.75, 3.05) is 25.4 Å². The minimum absolute atomic E-state index is 0.0465. The minimum Gasteiger partial charge on any atom is -0.483 e. The highest BCUT2D eigenvalue weighted by Gasteiger charge is 2.16. The molecule has 0 aliphatic heterocycles. The smallest absolute Gasteiger partial charge is 0.261 e. The minimum atomic E-state index is -3.83. The van der Waals surface area contributed by atoms with E-state index in [0.717, 1.165) is 0 Å². The lowest BCUT2D eigenvalue weighted by Crippen LogP contribution is -2.27. The number of nitrogens with two attached hydrogens (primary N) is 1. The molecule has 0 spiro atoms. The summed E-state index contributed by atoms with van der Waals surface area (Å²) < 4.78 is 32.9. The van der Waals surface area contributed by atoms with E-state index in [4.69, 9.17) is 10.5 Å². The van der Waals surface area contributed by atoms with Gasteiger partial charge in [-0.3, -0.25) is 14.3 Å². The second kappa shape index (κ2) is 8.09. The van der Waals surface area contributed by atoms with E-state index in [1.807, 2.05) is 0 Å². The highest BCUT2D eigenvalue weighted by molar-refractivity contribution is 7.92. The number of hydrogen-bond donors (Lipinski definition) is 2. The SMILES string of the molecule is Cc1cc(S(=O)(=O)Nc2ccc(C(N)=O)cc2)ccc1OCC(=O)N(C)C. The lowest BCUT2D eigenvalue weighted by molar-refractivity contribution is -0.130. The van der Waals surface area contributed by atoms with Crippen molar-refractivity contribution in [2.24, 2.45) is 5.73 Å². The number of sulfonamides is 1. The van der Waals surface area contributed by atoms with E-state index < -0.39 is 15.9 Å². The van der Waals surface area contributed by atoms with Crippen LogP contribution >= 0.6 is 0 Å². The Labute approximate surface area is 158 Å². The van der Waals surface area contributed by atoms with Gasteiger partial charge in [-0.05, 0) is 55.0 Å². The van der Waals surface area contributed by atoms with Crippen LogP contribution in [0.2, 0.25) is 0 Å². The number of aryl methyl sites for hydroxylation is 1. The predicted molar refractivity (Wildman–Crippen MR) is 101 cm³/mol. The summed E-state index contributed by atoms with van der Waals surface area (Å²) in [6.45, 7) is 1.56. The van der Waals surface area contributed by atoms with Gasteiger partial charge in [-0.25, -0.2) is 8.42 Å². The molecule has 9 heteroatoms. The second-order valence-corrected chi connectivity index (χ2v) is 7.73. The fraction of sp³-hybridized carbons (Fsp3) is 0.222. The van der Waals surface area contributed by atoms with Crippen LogP contribution in [-0.4, -0.2) is 45.8 Å². The van der Waals surface area contributed by atoms with Gasteiger partial charge < -0.3 is 15.4 Å². The summed E-state index contributed by atoms with van der Waals surface area (Å²) >= 11 is 0. The van der Waals surface area contributed by atoms with Gasteiger partial charge in [0.15, 0.2) is 6.61 Å². The third-order valence-corrected chi connectivity index (χ3v) is 5.11. The van der Waals surface area contributed by atoms with Gasteiger partial charge in [0.25, 0.3) is 15.9 Å². The summed E-state index contributed by atoms with van der Waals surface area (Å²) in [5.41, 5.74) is 6.32. The number of ether oxygens (including phenoxy) is 1. The summed E-state index contributed by atoms with van der Waals surface area (Å²) in [6.07, 6.45) is 0. The number of carbonyl (C=O) groups excluding carboxylic acids is 2. The Hall–Kier alpha value is -3.07. The molecule has 0 saturated heterocycles. The molecule has 2 aromatic rings. The molecule has 0 radical (unpaired) electrons. The number of amides is 2. The van der Waals surface area contributed by atoms with Gasteiger partial charge >= 0.3 is 0 Å². The van der Waals surface area contributed by atoms with Gasteiger partial charge in [0.05, 0.1) is 4.90 Å². The largest absolute Gasteiger partial charge is 0.483 e. The van der Waals surface area contributed by atoms with Crippen molar-refractivity contribution in [2.45, 2.75) is 11.8 Å². The van der Waals surface area contributed by atoms with Gasteiger partial charge in [0, 0.05) is 25.3 Å². The first-order chi connectivity index (χ1) is 12.6. The Bertz CT molecular complexity index is 953. The maximum absolute atomic E-state index is 12.5. The van der Waals surface area contributed by atoms with E-state index in [9.17, 15) is 18.0 Å². The van der Waals surface area contributed by atoms with Crippen molar-refractivity contribution in [3.05, 3.63) is 53.6 Å². The van der Waals surface area contributed by atoms with Crippen LogP contribution in [0.3, 0.4) is 0 Å². The number of benzene rings is 2. The number of carbonyl (C=O) groups is 2. The van der Waals surface area contributed by atoms with Gasteiger partial charge in [-0.2, -0.15) is 0 Å². The predicted octanol–water partition coefficient (Wildman–Crippen LogP) is 1.36. The molecule has 0 unspecified atom stereocenters. The van der Waals surface area contributed by atoms with Crippen LogP contribution in [-0.2, 0) is 14.8 Å². The lowest BCUT2D eigenvalue weighted by atomic mass is 10.2. The average Bonchev–Trinajstić information content (AvgIpc) is 2.60. The molecule has 2 aromatic carbocycles. The Morgan fingerprint density at radius 3 is 2.26 bits per heavy atom. The van der Waals surface area contributed by atoms with E-state index in [1.54, 1.807) is 21.0 Å². The van der Waals surface area contributed by atoms with Crippen molar-refractivity contribution >= 4 is 27.5 Å².